The summed E-state index contributed by atoms with van der Waals surface area (Å²) in [6.45, 7) is 6.38. The van der Waals surface area contributed by atoms with E-state index in [9.17, 15) is 26.3 Å². The number of carboxylic acid groups (broad SMARTS) is 2. The van der Waals surface area contributed by atoms with Crippen LogP contribution in [0.25, 0.3) is 0 Å². The summed E-state index contributed by atoms with van der Waals surface area (Å²) in [6, 6.07) is 6.31. The lowest BCUT2D eigenvalue weighted by atomic mass is 9.96. The third-order valence-corrected chi connectivity index (χ3v) is 6.30. The number of aromatic nitrogens is 4. The fraction of sp³-hybridized carbons (Fsp3) is 0.625. The van der Waals surface area contributed by atoms with Gasteiger partial charge in [0.1, 0.15) is 0 Å². The molecule has 2 aliphatic rings. The van der Waals surface area contributed by atoms with E-state index in [2.05, 4.69) is 56.2 Å². The lowest BCUT2D eigenvalue weighted by Gasteiger charge is -2.31. The van der Waals surface area contributed by atoms with Crippen molar-refractivity contribution in [2.24, 2.45) is 5.92 Å². The molecule has 0 aromatic carbocycles. The van der Waals surface area contributed by atoms with Gasteiger partial charge in [0.05, 0.1) is 11.4 Å². The molecule has 0 spiro atoms. The van der Waals surface area contributed by atoms with Gasteiger partial charge in [-0.1, -0.05) is 24.1 Å². The number of carboxylic acids is 2. The number of halogens is 6. The molecule has 1 aliphatic carbocycles. The van der Waals surface area contributed by atoms with Gasteiger partial charge in [0.2, 0.25) is 0 Å². The van der Waals surface area contributed by atoms with Crippen LogP contribution < -0.4 is 0 Å². The van der Waals surface area contributed by atoms with Gasteiger partial charge in [-0.15, -0.1) is 5.10 Å². The molecule has 0 bridgehead atoms. The van der Waals surface area contributed by atoms with Crippen molar-refractivity contribution < 1.29 is 46.1 Å². The summed E-state index contributed by atoms with van der Waals surface area (Å²) in [6.07, 6.45) is -0.181. The van der Waals surface area contributed by atoms with E-state index in [0.717, 1.165) is 37.8 Å². The number of carbonyl (C=O) groups is 2. The van der Waals surface area contributed by atoms with Gasteiger partial charge in [0.25, 0.3) is 0 Å². The van der Waals surface area contributed by atoms with Crippen molar-refractivity contribution in [2.75, 3.05) is 13.1 Å². The van der Waals surface area contributed by atoms with Crippen molar-refractivity contribution in [1.82, 2.24) is 24.9 Å². The quantitative estimate of drug-likeness (QED) is 0.494. The van der Waals surface area contributed by atoms with Crippen LogP contribution in [0.2, 0.25) is 0 Å². The fourth-order valence-corrected chi connectivity index (χ4v) is 4.32. The van der Waals surface area contributed by atoms with E-state index in [0.29, 0.717) is 5.92 Å². The lowest BCUT2D eigenvalue weighted by molar-refractivity contribution is -0.193. The maximum Gasteiger partial charge on any atom is 0.490 e. The molecule has 1 aliphatic heterocycles. The molecule has 15 heteroatoms. The minimum Gasteiger partial charge on any atom is -0.475 e. The van der Waals surface area contributed by atoms with E-state index in [4.69, 9.17) is 19.8 Å². The zero-order valence-corrected chi connectivity index (χ0v) is 21.2. The molecule has 218 valence electrons. The van der Waals surface area contributed by atoms with E-state index in [-0.39, 0.29) is 0 Å². The zero-order valence-electron chi connectivity index (χ0n) is 21.2. The van der Waals surface area contributed by atoms with Gasteiger partial charge in [-0.3, -0.25) is 14.6 Å². The van der Waals surface area contributed by atoms with Crippen molar-refractivity contribution >= 4 is 11.9 Å². The molecule has 2 aromatic heterocycles. The maximum absolute atomic E-state index is 10.6. The smallest absolute Gasteiger partial charge is 0.475 e. The molecule has 4 rings (SSSR count). The van der Waals surface area contributed by atoms with Crippen LogP contribution in [-0.4, -0.2) is 72.5 Å². The number of alkyl halides is 6. The van der Waals surface area contributed by atoms with E-state index in [1.807, 2.05) is 0 Å². The lowest BCUT2D eigenvalue weighted by Crippen LogP contribution is -2.34. The van der Waals surface area contributed by atoms with Gasteiger partial charge in [-0.2, -0.15) is 26.3 Å². The highest BCUT2D eigenvalue weighted by Gasteiger charge is 2.38. The second kappa shape index (κ2) is 14.2. The number of nitrogens with zero attached hydrogens (tertiary/aromatic N) is 5. The van der Waals surface area contributed by atoms with E-state index >= 15 is 0 Å². The highest BCUT2D eigenvalue weighted by Crippen LogP contribution is 2.32. The normalized spacial score (nSPS) is 17.1. The van der Waals surface area contributed by atoms with Gasteiger partial charge in [-0.05, 0) is 63.7 Å². The molecule has 9 nitrogen and oxygen atoms in total. The molecule has 2 N–H and O–H groups in total. The van der Waals surface area contributed by atoms with Gasteiger partial charge in [0.15, 0.2) is 0 Å². The van der Waals surface area contributed by atoms with E-state index in [1.54, 1.807) is 0 Å². The van der Waals surface area contributed by atoms with Crippen LogP contribution in [0.3, 0.4) is 0 Å². The Morgan fingerprint density at radius 3 is 1.97 bits per heavy atom. The average Bonchev–Trinajstić information content (AvgIpc) is 3.52. The average molecular weight is 568 g/mol. The number of piperidine rings is 1. The van der Waals surface area contributed by atoms with Crippen molar-refractivity contribution in [1.29, 1.82) is 0 Å². The molecule has 0 radical (unpaired) electrons. The topological polar surface area (TPSA) is 121 Å². The predicted molar refractivity (Wildman–Crippen MR) is 126 cm³/mol. The Morgan fingerprint density at radius 1 is 0.949 bits per heavy atom. The van der Waals surface area contributed by atoms with Gasteiger partial charge < -0.3 is 10.2 Å². The van der Waals surface area contributed by atoms with Crippen LogP contribution in [0.15, 0.2) is 24.4 Å². The highest BCUT2D eigenvalue weighted by atomic mass is 19.4. The Labute approximate surface area is 220 Å². The molecule has 0 unspecified atom stereocenters. The summed E-state index contributed by atoms with van der Waals surface area (Å²) in [5, 5.41) is 23.1. The summed E-state index contributed by atoms with van der Waals surface area (Å²) < 4.78 is 65.6. The van der Waals surface area contributed by atoms with Crippen molar-refractivity contribution in [3.05, 3.63) is 41.5 Å². The predicted octanol–water partition coefficient (Wildman–Crippen LogP) is 4.82. The van der Waals surface area contributed by atoms with Crippen molar-refractivity contribution in [3.8, 4) is 0 Å². The molecule has 0 atom stereocenters. The van der Waals surface area contributed by atoms with Crippen LogP contribution in [-0.2, 0) is 22.7 Å². The molecule has 39 heavy (non-hydrogen) atoms. The maximum atomic E-state index is 10.6. The first-order valence-electron chi connectivity index (χ1n) is 12.3. The Kier molecular flexibility index (Phi) is 11.7. The molecule has 0 amide bonds. The standard InChI is InChI=1S/C20H29N5.2C2HF3O2/c1-16-5-4-8-19(21-16)14-24-11-9-17(10-12-24)13-25-15-20(22-23-25)18-6-2-3-7-18;2*3-2(4,5)1(6)7/h4-5,8,15,17-18H,2-3,6-7,9-14H2,1H3;2*(H,6,7). The minimum absolute atomic E-state index is 0.664. The zero-order chi connectivity index (χ0) is 29.2. The van der Waals surface area contributed by atoms with Crippen LogP contribution in [0.5, 0.6) is 0 Å². The van der Waals surface area contributed by atoms with Gasteiger partial charge in [-0.25, -0.2) is 9.59 Å². The summed E-state index contributed by atoms with van der Waals surface area (Å²) in [4.78, 5) is 25.0. The van der Waals surface area contributed by atoms with E-state index in [1.165, 1.54) is 49.9 Å². The molecule has 2 fully saturated rings. The molecule has 2 aromatic rings. The first-order chi connectivity index (χ1) is 18.1. The minimum atomic E-state index is -5.08. The summed E-state index contributed by atoms with van der Waals surface area (Å²) in [7, 11) is 0. The van der Waals surface area contributed by atoms with Crippen LogP contribution >= 0.6 is 0 Å². The Bertz CT molecular complexity index is 1040. The van der Waals surface area contributed by atoms with Crippen LogP contribution in [0, 0.1) is 12.8 Å². The first-order valence-corrected chi connectivity index (χ1v) is 12.3. The van der Waals surface area contributed by atoms with Crippen molar-refractivity contribution in [2.45, 2.75) is 76.8 Å². The largest absolute Gasteiger partial charge is 0.490 e. The summed E-state index contributed by atoms with van der Waals surface area (Å²) in [5.74, 6) is -4.13. The number of aryl methyl sites for hydroxylation is 1. The number of pyridine rings is 1. The van der Waals surface area contributed by atoms with Crippen LogP contribution in [0.1, 0.15) is 61.5 Å². The third kappa shape index (κ3) is 11.6. The third-order valence-electron chi connectivity index (χ3n) is 6.30. The Hall–Kier alpha value is -3.23. The SMILES string of the molecule is Cc1cccc(CN2CCC(Cn3cc(C4CCCC4)nn3)CC2)n1.O=C(O)C(F)(F)F.O=C(O)C(F)(F)F. The van der Waals surface area contributed by atoms with E-state index < -0.39 is 24.3 Å². The number of rotatable bonds is 5. The van der Waals surface area contributed by atoms with Gasteiger partial charge >= 0.3 is 24.3 Å². The Morgan fingerprint density at radius 2 is 1.49 bits per heavy atom. The van der Waals surface area contributed by atoms with Gasteiger partial charge in [0, 0.05) is 30.9 Å². The highest BCUT2D eigenvalue weighted by molar-refractivity contribution is 5.73. The summed E-state index contributed by atoms with van der Waals surface area (Å²) >= 11 is 0. The molecular weight excluding hydrogens is 536 g/mol. The number of hydrogen-bond acceptors (Lipinski definition) is 6. The second-order valence-electron chi connectivity index (χ2n) is 9.44. The Balaban J connectivity index is 0.000000317. The molecular formula is C24H31F6N5O4. The fourth-order valence-electron chi connectivity index (χ4n) is 4.32. The number of likely N-dealkylation sites (tertiary alicyclic amines) is 1. The monoisotopic (exact) mass is 567 g/mol. The molecule has 1 saturated carbocycles. The molecule has 3 heterocycles. The summed E-state index contributed by atoms with van der Waals surface area (Å²) in [5.41, 5.74) is 3.52. The number of hydrogen-bond donors (Lipinski definition) is 2. The second-order valence-corrected chi connectivity index (χ2v) is 9.44. The van der Waals surface area contributed by atoms with Crippen molar-refractivity contribution in [3.63, 3.8) is 0 Å². The molecule has 1 saturated heterocycles. The van der Waals surface area contributed by atoms with Crippen LogP contribution in [0.4, 0.5) is 26.3 Å². The number of aliphatic carboxylic acids is 2. The first kappa shape index (κ1) is 32.0.